The van der Waals surface area contributed by atoms with Crippen LogP contribution in [0.5, 0.6) is 11.5 Å². The van der Waals surface area contributed by atoms with Gasteiger partial charge >= 0.3 is 0 Å². The fourth-order valence-electron chi connectivity index (χ4n) is 2.26. The fourth-order valence-corrected chi connectivity index (χ4v) is 2.26. The summed E-state index contributed by atoms with van der Waals surface area (Å²) in [6.07, 6.45) is 3.20. The lowest BCUT2D eigenvalue weighted by Gasteiger charge is -2.19. The molecule has 0 aliphatic heterocycles. The molecule has 1 aromatic rings. The molecule has 2 heteroatoms. The quantitative estimate of drug-likeness (QED) is 0.746. The van der Waals surface area contributed by atoms with Crippen molar-refractivity contribution < 1.29 is 9.47 Å². The van der Waals surface area contributed by atoms with Crippen molar-refractivity contribution in [2.24, 2.45) is 0 Å². The minimum Gasteiger partial charge on any atom is -0.493 e. The summed E-state index contributed by atoms with van der Waals surface area (Å²) in [4.78, 5) is 0. The molecule has 1 aromatic carbocycles. The molecule has 0 aliphatic carbocycles. The van der Waals surface area contributed by atoms with Crippen LogP contribution < -0.4 is 9.47 Å². The van der Waals surface area contributed by atoms with Crippen molar-refractivity contribution in [3.8, 4) is 11.5 Å². The van der Waals surface area contributed by atoms with E-state index in [1.807, 2.05) is 0 Å². The molecule has 0 N–H and O–H groups in total. The zero-order valence-electron chi connectivity index (χ0n) is 12.6. The van der Waals surface area contributed by atoms with Crippen LogP contribution in [-0.4, -0.2) is 14.2 Å². The maximum absolute atomic E-state index is 5.50. The zero-order valence-corrected chi connectivity index (χ0v) is 12.6. The van der Waals surface area contributed by atoms with Crippen molar-refractivity contribution in [2.75, 3.05) is 14.2 Å². The average Bonchev–Trinajstić information content (AvgIpc) is 2.32. The second-order valence-corrected chi connectivity index (χ2v) is 4.91. The second kappa shape index (κ2) is 5.94. The van der Waals surface area contributed by atoms with Crippen LogP contribution in [0.3, 0.4) is 0 Å². The van der Waals surface area contributed by atoms with E-state index in [9.17, 15) is 0 Å². The Morgan fingerprint density at radius 2 is 1.39 bits per heavy atom. The highest BCUT2D eigenvalue weighted by Crippen LogP contribution is 2.39. The first kappa shape index (κ1) is 14.6. The van der Waals surface area contributed by atoms with Gasteiger partial charge in [0.05, 0.1) is 14.2 Å². The molecular formula is C16H24O2. The van der Waals surface area contributed by atoms with Crippen LogP contribution in [0.15, 0.2) is 11.6 Å². The van der Waals surface area contributed by atoms with Gasteiger partial charge in [0, 0.05) is 0 Å². The van der Waals surface area contributed by atoms with Crippen molar-refractivity contribution in [1.82, 2.24) is 0 Å². The molecule has 0 aliphatic rings. The standard InChI is InChI=1S/C16H24O2/c1-10(2)8-9-14-11(3)12(4)15(17-6)16(18-7)13(14)5/h8H,9H2,1-7H3. The molecule has 0 spiro atoms. The lowest BCUT2D eigenvalue weighted by molar-refractivity contribution is 0.350. The Balaban J connectivity index is 3.44. The van der Waals surface area contributed by atoms with Crippen molar-refractivity contribution in [3.63, 3.8) is 0 Å². The van der Waals surface area contributed by atoms with Gasteiger partial charge in [-0.1, -0.05) is 11.6 Å². The van der Waals surface area contributed by atoms with Crippen molar-refractivity contribution in [1.29, 1.82) is 0 Å². The number of allylic oxidation sites excluding steroid dienone is 2. The van der Waals surface area contributed by atoms with Gasteiger partial charge in [-0.15, -0.1) is 0 Å². The Hall–Kier alpha value is -1.44. The average molecular weight is 248 g/mol. The van der Waals surface area contributed by atoms with E-state index in [4.69, 9.17) is 9.47 Å². The monoisotopic (exact) mass is 248 g/mol. The summed E-state index contributed by atoms with van der Waals surface area (Å²) in [5, 5.41) is 0. The van der Waals surface area contributed by atoms with Crippen LogP contribution in [0.1, 0.15) is 36.1 Å². The van der Waals surface area contributed by atoms with Gasteiger partial charge in [-0.25, -0.2) is 0 Å². The number of ether oxygens (including phenoxy) is 2. The summed E-state index contributed by atoms with van der Waals surface area (Å²) >= 11 is 0. The van der Waals surface area contributed by atoms with Crippen LogP contribution in [0.25, 0.3) is 0 Å². The fraction of sp³-hybridized carbons (Fsp3) is 0.500. The molecule has 0 saturated heterocycles. The molecule has 0 fully saturated rings. The summed E-state index contributed by atoms with van der Waals surface area (Å²) in [7, 11) is 3.39. The van der Waals surface area contributed by atoms with E-state index in [0.717, 1.165) is 23.5 Å². The van der Waals surface area contributed by atoms with E-state index in [1.165, 1.54) is 22.3 Å². The van der Waals surface area contributed by atoms with Crippen LogP contribution in [-0.2, 0) is 6.42 Å². The van der Waals surface area contributed by atoms with E-state index >= 15 is 0 Å². The molecule has 0 atom stereocenters. The lowest BCUT2D eigenvalue weighted by Crippen LogP contribution is -2.03. The predicted octanol–water partition coefficient (Wildman–Crippen LogP) is 4.14. The van der Waals surface area contributed by atoms with Crippen LogP contribution in [0.4, 0.5) is 0 Å². The number of methoxy groups -OCH3 is 2. The van der Waals surface area contributed by atoms with Crippen molar-refractivity contribution >= 4 is 0 Å². The van der Waals surface area contributed by atoms with Gasteiger partial charge in [-0.2, -0.15) is 0 Å². The molecule has 0 saturated carbocycles. The van der Waals surface area contributed by atoms with Crippen molar-refractivity contribution in [3.05, 3.63) is 33.9 Å². The molecular weight excluding hydrogens is 224 g/mol. The molecule has 0 bridgehead atoms. The number of benzene rings is 1. The van der Waals surface area contributed by atoms with Crippen LogP contribution in [0, 0.1) is 20.8 Å². The maximum Gasteiger partial charge on any atom is 0.164 e. The van der Waals surface area contributed by atoms with E-state index in [1.54, 1.807) is 14.2 Å². The predicted molar refractivity (Wildman–Crippen MR) is 76.9 cm³/mol. The van der Waals surface area contributed by atoms with Gasteiger partial charge in [0.25, 0.3) is 0 Å². The summed E-state index contributed by atoms with van der Waals surface area (Å²) in [6, 6.07) is 0. The Kier molecular flexibility index (Phi) is 4.83. The smallest absolute Gasteiger partial charge is 0.164 e. The highest BCUT2D eigenvalue weighted by Gasteiger charge is 2.17. The van der Waals surface area contributed by atoms with E-state index < -0.39 is 0 Å². The summed E-state index contributed by atoms with van der Waals surface area (Å²) in [5.41, 5.74) is 6.31. The van der Waals surface area contributed by atoms with Gasteiger partial charge in [0.15, 0.2) is 11.5 Å². The topological polar surface area (TPSA) is 18.5 Å². The molecule has 0 aromatic heterocycles. The van der Waals surface area contributed by atoms with Crippen LogP contribution in [0.2, 0.25) is 0 Å². The number of hydrogen-bond donors (Lipinski definition) is 0. The Morgan fingerprint density at radius 1 is 0.889 bits per heavy atom. The third-order valence-electron chi connectivity index (χ3n) is 3.48. The normalized spacial score (nSPS) is 10.2. The third-order valence-corrected chi connectivity index (χ3v) is 3.48. The zero-order chi connectivity index (χ0) is 13.9. The number of hydrogen-bond acceptors (Lipinski definition) is 2. The van der Waals surface area contributed by atoms with Gasteiger partial charge in [-0.3, -0.25) is 0 Å². The minimum atomic E-state index is 0.855. The molecule has 0 amide bonds. The third kappa shape index (κ3) is 2.69. The van der Waals surface area contributed by atoms with E-state index in [2.05, 4.69) is 40.7 Å². The molecule has 18 heavy (non-hydrogen) atoms. The summed E-state index contributed by atoms with van der Waals surface area (Å²) in [6.45, 7) is 10.6. The highest BCUT2D eigenvalue weighted by molar-refractivity contribution is 5.59. The van der Waals surface area contributed by atoms with Gasteiger partial charge in [-0.05, 0) is 63.3 Å². The molecule has 0 unspecified atom stereocenters. The van der Waals surface area contributed by atoms with E-state index in [0.29, 0.717) is 0 Å². The maximum atomic E-state index is 5.50. The first-order valence-corrected chi connectivity index (χ1v) is 6.28. The first-order chi connectivity index (χ1) is 8.43. The summed E-state index contributed by atoms with van der Waals surface area (Å²) in [5.74, 6) is 1.71. The summed E-state index contributed by atoms with van der Waals surface area (Å²) < 4.78 is 11.0. The number of rotatable bonds is 4. The Morgan fingerprint density at radius 3 is 1.83 bits per heavy atom. The molecule has 2 nitrogen and oxygen atoms in total. The Labute approximate surface area is 111 Å². The van der Waals surface area contributed by atoms with Gasteiger partial charge in [0.1, 0.15) is 0 Å². The highest BCUT2D eigenvalue weighted by atomic mass is 16.5. The Bertz CT molecular complexity index is 467. The largest absolute Gasteiger partial charge is 0.493 e. The van der Waals surface area contributed by atoms with Gasteiger partial charge in [0.2, 0.25) is 0 Å². The molecule has 0 heterocycles. The lowest BCUT2D eigenvalue weighted by atomic mass is 9.93. The molecule has 0 radical (unpaired) electrons. The SMILES string of the molecule is COc1c(C)c(C)c(CC=C(C)C)c(C)c1OC. The second-order valence-electron chi connectivity index (χ2n) is 4.91. The van der Waals surface area contributed by atoms with Crippen molar-refractivity contribution in [2.45, 2.75) is 41.0 Å². The van der Waals surface area contributed by atoms with Crippen LogP contribution >= 0.6 is 0 Å². The molecule has 1 rings (SSSR count). The van der Waals surface area contributed by atoms with E-state index in [-0.39, 0.29) is 0 Å². The minimum absolute atomic E-state index is 0.855. The first-order valence-electron chi connectivity index (χ1n) is 6.28. The van der Waals surface area contributed by atoms with Gasteiger partial charge < -0.3 is 9.47 Å². The molecule has 100 valence electrons.